The maximum atomic E-state index is 13.0. The number of benzene rings is 2. The van der Waals surface area contributed by atoms with Gasteiger partial charge in [0.05, 0.1) is 12.2 Å². The van der Waals surface area contributed by atoms with Crippen LogP contribution in [0.1, 0.15) is 56.7 Å². The van der Waals surface area contributed by atoms with Crippen molar-refractivity contribution in [3.63, 3.8) is 0 Å². The molecular weight excluding hydrogens is 306 g/mol. The number of fused-ring (bicyclic) bond motifs is 2. The number of carbonyl (C=O) groups is 1. The number of anilines is 1. The Morgan fingerprint density at radius 2 is 1.64 bits per heavy atom. The lowest BCUT2D eigenvalue weighted by atomic mass is 9.89. The summed E-state index contributed by atoms with van der Waals surface area (Å²) in [5.41, 5.74) is 4.21. The SMILES string of the molecule is CC(C)(C)CCCC(=O)N1Cc2ccccc2C#Cc2ccccc21. The summed E-state index contributed by atoms with van der Waals surface area (Å²) in [5.74, 6) is 6.67. The Bertz CT molecular complexity index is 833. The van der Waals surface area contributed by atoms with Crippen molar-refractivity contribution in [3.8, 4) is 11.8 Å². The molecule has 0 atom stereocenters. The van der Waals surface area contributed by atoms with Crippen molar-refractivity contribution in [1.82, 2.24) is 0 Å². The predicted molar refractivity (Wildman–Crippen MR) is 103 cm³/mol. The number of amides is 1. The van der Waals surface area contributed by atoms with E-state index in [4.69, 9.17) is 0 Å². The van der Waals surface area contributed by atoms with Gasteiger partial charge >= 0.3 is 0 Å². The largest absolute Gasteiger partial charge is 0.307 e. The molecule has 0 spiro atoms. The Labute approximate surface area is 150 Å². The van der Waals surface area contributed by atoms with E-state index in [-0.39, 0.29) is 11.3 Å². The third kappa shape index (κ3) is 4.31. The Kier molecular flexibility index (Phi) is 4.95. The lowest BCUT2D eigenvalue weighted by molar-refractivity contribution is -0.118. The van der Waals surface area contributed by atoms with Crippen LogP contribution in [-0.4, -0.2) is 5.91 Å². The van der Waals surface area contributed by atoms with Crippen molar-refractivity contribution in [3.05, 3.63) is 65.2 Å². The molecule has 25 heavy (non-hydrogen) atoms. The Morgan fingerprint density at radius 1 is 1.00 bits per heavy atom. The molecule has 1 amide bonds. The average molecular weight is 331 g/mol. The highest BCUT2D eigenvalue weighted by Crippen LogP contribution is 2.27. The molecule has 2 nitrogen and oxygen atoms in total. The fraction of sp³-hybridized carbons (Fsp3) is 0.348. The summed E-state index contributed by atoms with van der Waals surface area (Å²) in [5, 5.41) is 0. The predicted octanol–water partition coefficient (Wildman–Crippen LogP) is 5.15. The maximum Gasteiger partial charge on any atom is 0.227 e. The minimum atomic E-state index is 0.176. The molecule has 128 valence electrons. The topological polar surface area (TPSA) is 20.3 Å². The van der Waals surface area contributed by atoms with E-state index in [2.05, 4.69) is 38.7 Å². The number of carbonyl (C=O) groups excluding carboxylic acids is 1. The summed E-state index contributed by atoms with van der Waals surface area (Å²) < 4.78 is 0. The van der Waals surface area contributed by atoms with Crippen LogP contribution >= 0.6 is 0 Å². The van der Waals surface area contributed by atoms with Crippen LogP contribution < -0.4 is 4.90 Å². The van der Waals surface area contributed by atoms with E-state index >= 15 is 0 Å². The molecule has 0 saturated heterocycles. The molecule has 0 bridgehead atoms. The Morgan fingerprint density at radius 3 is 2.40 bits per heavy atom. The number of hydrogen-bond acceptors (Lipinski definition) is 1. The van der Waals surface area contributed by atoms with Crippen LogP contribution in [0.15, 0.2) is 48.5 Å². The molecule has 0 saturated carbocycles. The normalized spacial score (nSPS) is 13.0. The molecule has 1 aliphatic heterocycles. The second kappa shape index (κ2) is 7.15. The summed E-state index contributed by atoms with van der Waals surface area (Å²) in [7, 11) is 0. The average Bonchev–Trinajstić information content (AvgIpc) is 2.55. The zero-order chi connectivity index (χ0) is 17.9. The van der Waals surface area contributed by atoms with Gasteiger partial charge < -0.3 is 4.90 Å². The number of hydrogen-bond donors (Lipinski definition) is 0. The molecule has 0 fully saturated rings. The smallest absolute Gasteiger partial charge is 0.227 e. The quantitative estimate of drug-likeness (QED) is 0.712. The van der Waals surface area contributed by atoms with Crippen LogP contribution in [0.5, 0.6) is 0 Å². The molecular formula is C23H25NO. The lowest BCUT2D eigenvalue weighted by Crippen LogP contribution is -2.31. The highest BCUT2D eigenvalue weighted by atomic mass is 16.2. The third-order valence-electron chi connectivity index (χ3n) is 4.49. The van der Waals surface area contributed by atoms with Gasteiger partial charge in [-0.25, -0.2) is 0 Å². The van der Waals surface area contributed by atoms with Gasteiger partial charge in [-0.1, -0.05) is 62.9 Å². The highest BCUT2D eigenvalue weighted by Gasteiger charge is 2.21. The standard InChI is InChI=1S/C23H25NO/c1-23(2,3)16-8-13-22(25)24-17-20-11-5-4-9-18(20)14-15-19-10-6-7-12-21(19)24/h4-7,9-12H,8,13,16-17H2,1-3H3. The minimum Gasteiger partial charge on any atom is -0.307 e. The molecule has 0 aromatic heterocycles. The summed E-state index contributed by atoms with van der Waals surface area (Å²) in [6.45, 7) is 7.23. The van der Waals surface area contributed by atoms with E-state index in [1.807, 2.05) is 47.4 Å². The van der Waals surface area contributed by atoms with E-state index in [1.54, 1.807) is 0 Å². The van der Waals surface area contributed by atoms with E-state index in [0.717, 1.165) is 35.2 Å². The second-order valence-electron chi connectivity index (χ2n) is 7.82. The fourth-order valence-electron chi connectivity index (χ4n) is 3.11. The molecule has 0 N–H and O–H groups in total. The van der Waals surface area contributed by atoms with Gasteiger partial charge in [0.2, 0.25) is 5.91 Å². The van der Waals surface area contributed by atoms with E-state index in [1.165, 1.54) is 0 Å². The third-order valence-corrected chi connectivity index (χ3v) is 4.49. The highest BCUT2D eigenvalue weighted by molar-refractivity contribution is 5.95. The molecule has 1 aliphatic rings. The molecule has 2 heteroatoms. The Hall–Kier alpha value is -2.53. The molecule has 0 unspecified atom stereocenters. The van der Waals surface area contributed by atoms with E-state index < -0.39 is 0 Å². The zero-order valence-corrected chi connectivity index (χ0v) is 15.3. The van der Waals surface area contributed by atoms with Crippen molar-refractivity contribution in [2.45, 2.75) is 46.6 Å². The molecule has 1 heterocycles. The molecule has 2 aromatic rings. The van der Waals surface area contributed by atoms with E-state index in [9.17, 15) is 4.79 Å². The van der Waals surface area contributed by atoms with Crippen LogP contribution in [0.2, 0.25) is 0 Å². The van der Waals surface area contributed by atoms with Crippen LogP contribution in [0.25, 0.3) is 0 Å². The Balaban J connectivity index is 1.91. The maximum absolute atomic E-state index is 13.0. The van der Waals surface area contributed by atoms with Crippen molar-refractivity contribution < 1.29 is 4.79 Å². The number of rotatable bonds is 3. The van der Waals surface area contributed by atoms with Crippen molar-refractivity contribution in [2.75, 3.05) is 4.90 Å². The first kappa shape index (κ1) is 17.3. The second-order valence-corrected chi connectivity index (χ2v) is 7.82. The first-order valence-electron chi connectivity index (χ1n) is 8.93. The monoisotopic (exact) mass is 331 g/mol. The number of nitrogens with zero attached hydrogens (tertiary/aromatic N) is 1. The van der Waals surface area contributed by atoms with Crippen molar-refractivity contribution in [1.29, 1.82) is 0 Å². The van der Waals surface area contributed by atoms with Gasteiger partial charge in [-0.15, -0.1) is 0 Å². The first-order valence-corrected chi connectivity index (χ1v) is 8.93. The van der Waals surface area contributed by atoms with Gasteiger partial charge in [-0.3, -0.25) is 4.79 Å². The molecule has 0 aliphatic carbocycles. The van der Waals surface area contributed by atoms with Gasteiger partial charge in [0, 0.05) is 17.5 Å². The van der Waals surface area contributed by atoms with Crippen LogP contribution in [0, 0.1) is 17.3 Å². The van der Waals surface area contributed by atoms with Crippen LogP contribution in [0.3, 0.4) is 0 Å². The van der Waals surface area contributed by atoms with Gasteiger partial charge in [0.25, 0.3) is 0 Å². The molecule has 3 rings (SSSR count). The fourth-order valence-corrected chi connectivity index (χ4v) is 3.11. The number of para-hydroxylation sites is 1. The van der Waals surface area contributed by atoms with Crippen molar-refractivity contribution >= 4 is 11.6 Å². The zero-order valence-electron chi connectivity index (χ0n) is 15.3. The van der Waals surface area contributed by atoms with Crippen LogP contribution in [0.4, 0.5) is 5.69 Å². The summed E-state index contributed by atoms with van der Waals surface area (Å²) >= 11 is 0. The van der Waals surface area contributed by atoms with Crippen LogP contribution in [-0.2, 0) is 11.3 Å². The van der Waals surface area contributed by atoms with E-state index in [0.29, 0.717) is 13.0 Å². The summed E-state index contributed by atoms with van der Waals surface area (Å²) in [6.07, 6.45) is 2.53. The van der Waals surface area contributed by atoms with Crippen molar-refractivity contribution in [2.24, 2.45) is 5.41 Å². The first-order chi connectivity index (χ1) is 11.9. The molecule has 2 aromatic carbocycles. The van der Waals surface area contributed by atoms with Gasteiger partial charge in [0.15, 0.2) is 0 Å². The van der Waals surface area contributed by atoms with Gasteiger partial charge in [-0.2, -0.15) is 0 Å². The van der Waals surface area contributed by atoms with Gasteiger partial charge in [-0.05, 0) is 42.0 Å². The molecule has 0 radical (unpaired) electrons. The summed E-state index contributed by atoms with van der Waals surface area (Å²) in [6, 6.07) is 16.0. The minimum absolute atomic E-state index is 0.176. The lowest BCUT2D eigenvalue weighted by Gasteiger charge is -2.26. The van der Waals surface area contributed by atoms with Gasteiger partial charge in [0.1, 0.15) is 0 Å². The summed E-state index contributed by atoms with van der Waals surface area (Å²) in [4.78, 5) is 14.9.